The van der Waals surface area contributed by atoms with E-state index in [1.165, 1.54) is 6.20 Å². The summed E-state index contributed by atoms with van der Waals surface area (Å²) in [6.07, 6.45) is 3.23. The molecule has 2 aromatic heterocycles. The quantitative estimate of drug-likeness (QED) is 0.660. The largest absolute Gasteiger partial charge is 0.451 e. The highest BCUT2D eigenvalue weighted by Gasteiger charge is 2.13. The zero-order chi connectivity index (χ0) is 21.0. The Hall–Kier alpha value is -3.79. The zero-order valence-corrected chi connectivity index (χ0v) is 17.0. The van der Waals surface area contributed by atoms with E-state index >= 15 is 0 Å². The molecule has 3 rings (SSSR count). The summed E-state index contributed by atoms with van der Waals surface area (Å²) < 4.78 is 5.97. The molecule has 0 saturated carbocycles. The molecular weight excluding hydrogens is 364 g/mol. The van der Waals surface area contributed by atoms with Crippen molar-refractivity contribution in [1.29, 1.82) is 0 Å². The van der Waals surface area contributed by atoms with Crippen LogP contribution in [0.4, 0.5) is 17.5 Å². The smallest absolute Gasteiger partial charge is 0.222 e. The van der Waals surface area contributed by atoms with Gasteiger partial charge in [-0.05, 0) is 36.1 Å². The average Bonchev–Trinajstić information content (AvgIpc) is 2.68. The molecule has 0 saturated heterocycles. The summed E-state index contributed by atoms with van der Waals surface area (Å²) in [5, 5.41) is 0. The number of rotatable bonds is 4. The van der Waals surface area contributed by atoms with Crippen molar-refractivity contribution in [3.8, 4) is 23.3 Å². The van der Waals surface area contributed by atoms with Crippen LogP contribution in [0, 0.1) is 11.8 Å². The van der Waals surface area contributed by atoms with Crippen LogP contribution in [-0.2, 0) is 0 Å². The van der Waals surface area contributed by atoms with Crippen molar-refractivity contribution in [2.24, 2.45) is 0 Å². The third-order valence-corrected chi connectivity index (χ3v) is 4.26. The van der Waals surface area contributed by atoms with Crippen molar-refractivity contribution in [3.63, 3.8) is 0 Å². The van der Waals surface area contributed by atoms with Gasteiger partial charge in [0.05, 0.1) is 6.20 Å². The van der Waals surface area contributed by atoms with Gasteiger partial charge in [-0.1, -0.05) is 19.8 Å². The molecule has 0 aliphatic heterocycles. The van der Waals surface area contributed by atoms with E-state index in [1.807, 2.05) is 43.3 Å². The maximum atomic E-state index is 5.97. The van der Waals surface area contributed by atoms with E-state index in [2.05, 4.69) is 40.6 Å². The molecule has 0 unspecified atom stereocenters. The Labute approximate surface area is 170 Å². The fraction of sp³-hybridized carbons (Fsp3) is 0.227. The van der Waals surface area contributed by atoms with Crippen LogP contribution in [0.1, 0.15) is 36.6 Å². The molecule has 0 spiro atoms. The van der Waals surface area contributed by atoms with Gasteiger partial charge < -0.3 is 21.1 Å². The second-order valence-corrected chi connectivity index (χ2v) is 7.03. The third kappa shape index (κ3) is 4.93. The molecule has 0 fully saturated rings. The summed E-state index contributed by atoms with van der Waals surface area (Å²) in [4.78, 5) is 14.4. The molecule has 29 heavy (non-hydrogen) atoms. The monoisotopic (exact) mass is 388 g/mol. The number of nitrogens with zero attached hydrogens (tertiary/aromatic N) is 4. The van der Waals surface area contributed by atoms with Crippen LogP contribution in [0.25, 0.3) is 0 Å². The number of pyridine rings is 1. The van der Waals surface area contributed by atoms with E-state index < -0.39 is 0 Å². The number of benzene rings is 1. The van der Waals surface area contributed by atoms with Gasteiger partial charge in [0.1, 0.15) is 11.4 Å². The summed E-state index contributed by atoms with van der Waals surface area (Å²) in [7, 11) is 4.00. The third-order valence-electron chi connectivity index (χ3n) is 4.26. The van der Waals surface area contributed by atoms with Crippen molar-refractivity contribution in [1.82, 2.24) is 15.0 Å². The summed E-state index contributed by atoms with van der Waals surface area (Å²) in [5.41, 5.74) is 15.0. The fourth-order valence-corrected chi connectivity index (χ4v) is 2.61. The van der Waals surface area contributed by atoms with E-state index in [0.717, 1.165) is 16.8 Å². The molecule has 148 valence electrons. The molecule has 1 aromatic carbocycles. The first kappa shape index (κ1) is 20.0. The standard InChI is InChI=1S/C22H24N6O/c1-14(2)18-12-25-16(8-5-15-6-9-17(10-7-15)28(3)4)11-19(18)29-20-13-26-22(24)27-21(20)23/h6-7,9-14H,1-4H3,(H4,23,24,26,27). The molecule has 0 bridgehead atoms. The van der Waals surface area contributed by atoms with Gasteiger partial charge in [0.2, 0.25) is 5.95 Å². The lowest BCUT2D eigenvalue weighted by Crippen LogP contribution is -2.07. The van der Waals surface area contributed by atoms with Gasteiger partial charge in [-0.25, -0.2) is 9.97 Å². The van der Waals surface area contributed by atoms with E-state index in [9.17, 15) is 0 Å². The summed E-state index contributed by atoms with van der Waals surface area (Å²) >= 11 is 0. The molecule has 0 radical (unpaired) electrons. The first-order valence-electron chi connectivity index (χ1n) is 9.18. The number of hydrogen-bond donors (Lipinski definition) is 2. The minimum absolute atomic E-state index is 0.0977. The van der Waals surface area contributed by atoms with E-state index in [-0.39, 0.29) is 17.7 Å². The topological polar surface area (TPSA) is 103 Å². The Morgan fingerprint density at radius 1 is 0.966 bits per heavy atom. The molecule has 3 aromatic rings. The predicted molar refractivity (Wildman–Crippen MR) is 116 cm³/mol. The number of ether oxygens (including phenoxy) is 1. The van der Waals surface area contributed by atoms with Gasteiger partial charge in [0, 0.05) is 43.2 Å². The molecule has 0 aliphatic carbocycles. The van der Waals surface area contributed by atoms with Crippen molar-refractivity contribution in [2.75, 3.05) is 30.5 Å². The first-order chi connectivity index (χ1) is 13.8. The second-order valence-electron chi connectivity index (χ2n) is 7.03. The van der Waals surface area contributed by atoms with E-state index in [0.29, 0.717) is 17.2 Å². The summed E-state index contributed by atoms with van der Waals surface area (Å²) in [6, 6.07) is 9.81. The fourth-order valence-electron chi connectivity index (χ4n) is 2.61. The van der Waals surface area contributed by atoms with Crippen molar-refractivity contribution >= 4 is 17.5 Å². The van der Waals surface area contributed by atoms with Crippen molar-refractivity contribution in [2.45, 2.75) is 19.8 Å². The summed E-state index contributed by atoms with van der Waals surface area (Å²) in [6.45, 7) is 4.12. The predicted octanol–water partition coefficient (Wildman–Crippen LogP) is 3.42. The number of hydrogen-bond acceptors (Lipinski definition) is 7. The van der Waals surface area contributed by atoms with Crippen LogP contribution in [0.3, 0.4) is 0 Å². The Morgan fingerprint density at radius 3 is 2.31 bits per heavy atom. The van der Waals surface area contributed by atoms with Crippen LogP contribution in [0.15, 0.2) is 42.7 Å². The number of nitrogens with two attached hydrogens (primary N) is 2. The molecule has 7 nitrogen and oxygen atoms in total. The zero-order valence-electron chi connectivity index (χ0n) is 17.0. The highest BCUT2D eigenvalue weighted by atomic mass is 16.5. The van der Waals surface area contributed by atoms with E-state index in [1.54, 1.807) is 12.3 Å². The second kappa shape index (κ2) is 8.48. The molecule has 0 atom stereocenters. The van der Waals surface area contributed by atoms with Gasteiger partial charge in [-0.2, -0.15) is 4.98 Å². The van der Waals surface area contributed by atoms with Crippen molar-refractivity contribution in [3.05, 3.63) is 59.5 Å². The van der Waals surface area contributed by atoms with E-state index in [4.69, 9.17) is 16.2 Å². The lowest BCUT2D eigenvalue weighted by Gasteiger charge is -2.14. The lowest BCUT2D eigenvalue weighted by atomic mass is 10.0. The van der Waals surface area contributed by atoms with Crippen molar-refractivity contribution < 1.29 is 4.74 Å². The molecular formula is C22H24N6O. The Kier molecular flexibility index (Phi) is 5.84. The SMILES string of the molecule is CC(C)c1cnc(C#Cc2ccc(N(C)C)cc2)cc1Oc1cnc(N)nc1N. The number of nitrogen functional groups attached to an aromatic ring is 2. The molecule has 0 aliphatic rings. The van der Waals surface area contributed by atoms with Gasteiger partial charge in [0.25, 0.3) is 0 Å². The van der Waals surface area contributed by atoms with Crippen LogP contribution in [0.2, 0.25) is 0 Å². The Bertz CT molecular complexity index is 1060. The molecule has 7 heteroatoms. The van der Waals surface area contributed by atoms with Crippen LogP contribution in [0.5, 0.6) is 11.5 Å². The Morgan fingerprint density at radius 2 is 1.69 bits per heavy atom. The van der Waals surface area contributed by atoms with Crippen LogP contribution >= 0.6 is 0 Å². The lowest BCUT2D eigenvalue weighted by molar-refractivity contribution is 0.470. The molecule has 2 heterocycles. The van der Waals surface area contributed by atoms with Crippen LogP contribution < -0.4 is 21.1 Å². The Balaban J connectivity index is 1.91. The number of anilines is 3. The molecule has 4 N–H and O–H groups in total. The highest BCUT2D eigenvalue weighted by Crippen LogP contribution is 2.32. The number of aromatic nitrogens is 3. The maximum Gasteiger partial charge on any atom is 0.222 e. The highest BCUT2D eigenvalue weighted by molar-refractivity contribution is 5.53. The minimum Gasteiger partial charge on any atom is -0.451 e. The van der Waals surface area contributed by atoms with Gasteiger partial charge in [0.15, 0.2) is 11.6 Å². The van der Waals surface area contributed by atoms with Crippen LogP contribution in [-0.4, -0.2) is 29.0 Å². The van der Waals surface area contributed by atoms with Gasteiger partial charge in [-0.15, -0.1) is 0 Å². The summed E-state index contributed by atoms with van der Waals surface area (Å²) in [5.74, 6) is 7.65. The molecule has 0 amide bonds. The van der Waals surface area contributed by atoms with Gasteiger partial charge >= 0.3 is 0 Å². The average molecular weight is 388 g/mol. The first-order valence-corrected chi connectivity index (χ1v) is 9.18. The van der Waals surface area contributed by atoms with Gasteiger partial charge in [-0.3, -0.25) is 0 Å². The minimum atomic E-state index is 0.0977. The normalized spacial score (nSPS) is 10.4. The maximum absolute atomic E-state index is 5.97.